The van der Waals surface area contributed by atoms with Crippen molar-refractivity contribution in [3.8, 4) is 11.5 Å². The first kappa shape index (κ1) is 86.8. The SMILES string of the molecule is C[C@@H]1NC(=O)[C@H](CC(N)=O)NC(=O)[C@H](Cc2c[nH]c3ccccc23)N2C[C@H](CCCN=C(N)N)NC(=O)[C@H](CSCC2=O)NC(=O)[C@@H](Cc2ccccc2)NC(=O)[C@H](Cc2cnc[nH]2)NC(=O)[C@@H](NC(=O)[C@@H](N)Cc2ccc(O)cc2)CSSC[C@@H](C(=O)N[C@@H](Cc2ccc(O)cc2)C(N)=O)NC(=O)[C@H](Cc2ccccc2)NC1=O. The number of carbonyl (C=O) groups excluding carboxylic acids is 13. The van der Waals surface area contributed by atoms with Crippen molar-refractivity contribution in [2.24, 2.45) is 33.7 Å². The Labute approximate surface area is 673 Å². The molecule has 24 N–H and O–H groups in total. The normalized spacial score (nSPS) is 22.2. The van der Waals surface area contributed by atoms with E-state index in [-0.39, 0.29) is 86.9 Å². The van der Waals surface area contributed by atoms with Gasteiger partial charge >= 0.3 is 0 Å². The largest absolute Gasteiger partial charge is 0.508 e. The summed E-state index contributed by atoms with van der Waals surface area (Å²) in [6.45, 7) is 0.883. The number of fused-ring (bicyclic) bond motifs is 32. The Bertz CT molecular complexity index is 4580. The maximum atomic E-state index is 15.5. The highest BCUT2D eigenvalue weighted by atomic mass is 33.1. The monoisotopic (exact) mass is 1630 g/mol. The molecule has 0 radical (unpaired) electrons. The molecule has 3 saturated heterocycles. The molecular formula is C77H94N20O15S3. The summed E-state index contributed by atoms with van der Waals surface area (Å²) >= 11 is 0.922. The first-order chi connectivity index (χ1) is 55.1. The number of phenolic OH excluding ortho intramolecular Hbond substituents is 2. The number of hydrogen-bond acceptors (Lipinski definition) is 21. The summed E-state index contributed by atoms with van der Waals surface area (Å²) in [6.07, 6.45) is 2.47. The molecule has 38 heteroatoms. The van der Waals surface area contributed by atoms with E-state index in [1.54, 1.807) is 103 Å². The van der Waals surface area contributed by atoms with E-state index in [9.17, 15) is 39.0 Å². The molecule has 7 aromatic rings. The van der Waals surface area contributed by atoms with Crippen LogP contribution in [0.4, 0.5) is 0 Å². The Balaban J connectivity index is 1.13. The molecule has 610 valence electrons. The third-order valence-corrected chi connectivity index (χ3v) is 22.3. The second kappa shape index (κ2) is 42.6. The van der Waals surface area contributed by atoms with Gasteiger partial charge in [0.15, 0.2) is 5.96 Å². The average molecular weight is 1640 g/mol. The lowest BCUT2D eigenvalue weighted by atomic mass is 10.00. The molecule has 12 atom stereocenters. The van der Waals surface area contributed by atoms with Crippen LogP contribution >= 0.6 is 33.3 Å². The van der Waals surface area contributed by atoms with Gasteiger partial charge in [0.05, 0.1) is 24.5 Å². The van der Waals surface area contributed by atoms with E-state index in [1.165, 1.54) is 60.7 Å². The molecule has 35 nitrogen and oxygen atoms in total. The number of hydrogen-bond donors (Lipinski definition) is 19. The summed E-state index contributed by atoms with van der Waals surface area (Å²) in [7, 11) is 1.79. The average Bonchev–Trinajstić information content (AvgIpc) is 1.77. The molecular weight excluding hydrogens is 1540 g/mol. The topological polar surface area (TPSA) is 573 Å². The lowest BCUT2D eigenvalue weighted by Crippen LogP contribution is -2.62. The highest BCUT2D eigenvalue weighted by Crippen LogP contribution is 2.27. The van der Waals surface area contributed by atoms with Crippen LogP contribution in [0, 0.1) is 0 Å². The Hall–Kier alpha value is -12.2. The van der Waals surface area contributed by atoms with Gasteiger partial charge in [0, 0.05) is 97.5 Å². The Morgan fingerprint density at radius 3 is 1.79 bits per heavy atom. The predicted molar refractivity (Wildman–Crippen MR) is 432 cm³/mol. The molecule has 0 spiro atoms. The zero-order chi connectivity index (χ0) is 82.7. The number of primary amides is 2. The number of phenols is 2. The van der Waals surface area contributed by atoms with Crippen LogP contribution < -0.4 is 81.8 Å². The minimum Gasteiger partial charge on any atom is -0.508 e. The molecule has 5 heterocycles. The van der Waals surface area contributed by atoms with Gasteiger partial charge in [-0.2, -0.15) is 0 Å². The van der Waals surface area contributed by atoms with Gasteiger partial charge < -0.3 is 107 Å². The van der Waals surface area contributed by atoms with Gasteiger partial charge in [-0.15, -0.1) is 11.8 Å². The maximum Gasteiger partial charge on any atom is 0.244 e. The number of aromatic nitrogens is 3. The number of nitrogens with zero attached hydrogens (tertiary/aromatic N) is 3. The van der Waals surface area contributed by atoms with Crippen molar-refractivity contribution < 1.29 is 72.5 Å². The van der Waals surface area contributed by atoms with Crippen molar-refractivity contribution in [2.45, 2.75) is 137 Å². The highest BCUT2D eigenvalue weighted by Gasteiger charge is 2.40. The molecule has 13 amide bonds. The van der Waals surface area contributed by atoms with Gasteiger partial charge in [-0.05, 0) is 84.3 Å². The molecule has 2 bridgehead atoms. The van der Waals surface area contributed by atoms with Crippen molar-refractivity contribution in [2.75, 3.05) is 36.1 Å². The number of H-pyrrole nitrogens is 2. The summed E-state index contributed by atoms with van der Waals surface area (Å²) in [4.78, 5) is 207. The van der Waals surface area contributed by atoms with Crippen molar-refractivity contribution in [1.82, 2.24) is 73.0 Å². The number of aromatic hydroxyl groups is 2. The number of para-hydroxylation sites is 1. The predicted octanol–water partition coefficient (Wildman–Crippen LogP) is -1.99. The van der Waals surface area contributed by atoms with E-state index in [2.05, 4.69) is 73.1 Å². The molecule has 0 saturated carbocycles. The summed E-state index contributed by atoms with van der Waals surface area (Å²) < 4.78 is 0. The Kier molecular flexibility index (Phi) is 32.2. The van der Waals surface area contributed by atoms with Crippen LogP contribution in [0.5, 0.6) is 11.5 Å². The van der Waals surface area contributed by atoms with E-state index in [1.807, 2.05) is 0 Å². The van der Waals surface area contributed by atoms with Crippen LogP contribution in [0.15, 0.2) is 157 Å². The van der Waals surface area contributed by atoms with Gasteiger partial charge in [-0.3, -0.25) is 67.3 Å². The zero-order valence-corrected chi connectivity index (χ0v) is 65.1. The molecule has 2 aromatic heterocycles. The van der Waals surface area contributed by atoms with Crippen molar-refractivity contribution in [1.29, 1.82) is 0 Å². The van der Waals surface area contributed by atoms with E-state index in [0.717, 1.165) is 33.3 Å². The van der Waals surface area contributed by atoms with Crippen molar-refractivity contribution in [3.63, 3.8) is 0 Å². The van der Waals surface area contributed by atoms with Gasteiger partial charge in [0.1, 0.15) is 71.9 Å². The van der Waals surface area contributed by atoms with Crippen LogP contribution in [0.3, 0.4) is 0 Å². The fourth-order valence-electron chi connectivity index (χ4n) is 12.7. The summed E-state index contributed by atoms with van der Waals surface area (Å²) in [5.74, 6) is -14.0. The van der Waals surface area contributed by atoms with Gasteiger partial charge in [0.2, 0.25) is 76.8 Å². The van der Waals surface area contributed by atoms with Crippen LogP contribution in [-0.2, 0) is 101 Å². The van der Waals surface area contributed by atoms with Crippen molar-refractivity contribution in [3.05, 3.63) is 186 Å². The summed E-state index contributed by atoms with van der Waals surface area (Å²) in [5.41, 5.74) is 33.1. The number of thioether (sulfide) groups is 1. The number of aliphatic imine (C=N–C) groups is 1. The fourth-order valence-corrected chi connectivity index (χ4v) is 15.9. The fraction of sp³-hybridized carbons (Fsp3) is 0.364. The molecule has 5 aromatic carbocycles. The minimum absolute atomic E-state index is 0.0369. The molecule has 0 aliphatic carbocycles. The number of amides is 13. The van der Waals surface area contributed by atoms with Crippen LogP contribution in [-0.4, -0.2) is 221 Å². The molecule has 3 aliphatic rings. The first-order valence-electron chi connectivity index (χ1n) is 36.8. The van der Waals surface area contributed by atoms with E-state index < -0.39 is 174 Å². The number of nitrogens with one attached hydrogen (secondary N) is 12. The number of imidazole rings is 1. The second-order valence-electron chi connectivity index (χ2n) is 27.7. The second-order valence-corrected chi connectivity index (χ2v) is 31.2. The smallest absolute Gasteiger partial charge is 0.244 e. The molecule has 3 fully saturated rings. The van der Waals surface area contributed by atoms with Gasteiger partial charge in [-0.1, -0.05) is 125 Å². The molecule has 10 rings (SSSR count). The number of aromatic amines is 2. The van der Waals surface area contributed by atoms with Gasteiger partial charge in [-0.25, -0.2) is 4.98 Å². The third-order valence-electron chi connectivity index (χ3n) is 18.8. The lowest BCUT2D eigenvalue weighted by Gasteiger charge is -2.36. The first-order valence-corrected chi connectivity index (χ1v) is 40.5. The Morgan fingerprint density at radius 2 is 1.17 bits per heavy atom. The minimum atomic E-state index is -1.84. The van der Waals surface area contributed by atoms with Crippen LogP contribution in [0.1, 0.15) is 59.7 Å². The number of carbonyl (C=O) groups is 13. The Morgan fingerprint density at radius 1 is 0.591 bits per heavy atom. The number of guanidine groups is 1. The summed E-state index contributed by atoms with van der Waals surface area (Å²) in [5, 5.41) is 47.7. The van der Waals surface area contributed by atoms with E-state index in [4.69, 9.17) is 28.7 Å². The van der Waals surface area contributed by atoms with Crippen molar-refractivity contribution >= 4 is 127 Å². The standard InChI is InChI=1S/C77H94N20O15S3/c1-42-67(103)90-56(29-43-11-4-2-5-12-43)70(106)96-62(74(110)89-55(66(80)102)28-46-20-24-51(99)25-21-46)39-115-114-38-61(94-68(104)53(78)27-45-18-22-50(98)23-19-45)75(111)92-58(32-49-35-83-41-86-49)72(108)91-57(30-44-13-6-3-7-14-44)71(107)95-60-37-113-40-65(101)97(36-48(88-73(60)109)15-10-26-84-77(81)82)63(31-47-34-85-54-17-9-8-16-52(47)54)76(112)93-59(33-64(79)100)69(105)87-42/h2-9,11-14,16-25,34-35,41-42,48,53,55-63,85,98-99H,10,15,26-33,36-40,78H2,1H3,(H2,79,100)(H2,80,102)(H,83,86)(H,87,105)(H,88,109)(H,89,110)(H,90,103)(H,91,108)(H,92,111)(H,93,112)(H,94,104)(H,95,107)(H,96,106)(H4,81,82,84)/t42-,48-,53-,55-,56-,57+,58-,59-,60-,61-,62-,63-/m0/s1. The highest BCUT2D eigenvalue weighted by molar-refractivity contribution is 8.76. The third kappa shape index (κ3) is 26.7. The van der Waals surface area contributed by atoms with E-state index >= 15 is 33.6 Å². The zero-order valence-electron chi connectivity index (χ0n) is 62.6. The van der Waals surface area contributed by atoms with Gasteiger partial charge in [0.25, 0.3) is 0 Å². The number of nitrogens with two attached hydrogens (primary N) is 5. The lowest BCUT2D eigenvalue weighted by molar-refractivity contribution is -0.141. The van der Waals surface area contributed by atoms with E-state index in [0.29, 0.717) is 44.4 Å². The maximum absolute atomic E-state index is 15.5. The molecule has 115 heavy (non-hydrogen) atoms. The van der Waals surface area contributed by atoms with Crippen LogP contribution in [0.2, 0.25) is 0 Å². The number of benzene rings is 5. The quantitative estimate of drug-likeness (QED) is 0.0108. The molecule has 0 unspecified atom stereocenters. The summed E-state index contributed by atoms with van der Waals surface area (Å²) in [6, 6.07) is 17.4. The van der Waals surface area contributed by atoms with Crippen LogP contribution in [0.25, 0.3) is 10.9 Å². The molecule has 3 aliphatic heterocycles. The number of rotatable bonds is 23.